The fourth-order valence-electron chi connectivity index (χ4n) is 3.35. The van der Waals surface area contributed by atoms with Gasteiger partial charge >= 0.3 is 5.97 Å². The topological polar surface area (TPSA) is 87.4 Å². The third kappa shape index (κ3) is 2.63. The van der Waals surface area contributed by atoms with E-state index in [2.05, 4.69) is 0 Å². The van der Waals surface area contributed by atoms with E-state index in [4.69, 9.17) is 23.4 Å². The Hall–Kier alpha value is -3.03. The van der Waals surface area contributed by atoms with Crippen LogP contribution in [0.1, 0.15) is 21.7 Å². The molecule has 140 valence electrons. The van der Waals surface area contributed by atoms with Gasteiger partial charge in [-0.15, -0.1) is 0 Å². The normalized spacial score (nSPS) is 15.8. The highest BCUT2D eigenvalue weighted by Crippen LogP contribution is 2.45. The van der Waals surface area contributed by atoms with Crippen molar-refractivity contribution in [3.63, 3.8) is 0 Å². The number of hydrogen-bond acceptors (Lipinski definition) is 6. The molecule has 0 aliphatic carbocycles. The van der Waals surface area contributed by atoms with Crippen LogP contribution in [0.2, 0.25) is 0 Å². The van der Waals surface area contributed by atoms with Crippen molar-refractivity contribution in [2.75, 3.05) is 27.4 Å². The molecule has 0 saturated carbocycles. The monoisotopic (exact) mass is 370 g/mol. The molecule has 1 aliphatic rings. The number of methoxy groups -OCH3 is 2. The number of aromatic carboxylic acids is 1. The molecule has 1 saturated heterocycles. The van der Waals surface area contributed by atoms with Crippen LogP contribution >= 0.6 is 0 Å². The number of carboxylic acids is 1. The highest BCUT2D eigenvalue weighted by molar-refractivity contribution is 6.05. The van der Waals surface area contributed by atoms with Crippen molar-refractivity contribution in [3.8, 4) is 11.5 Å². The molecule has 1 aromatic heterocycles. The summed E-state index contributed by atoms with van der Waals surface area (Å²) in [4.78, 5) is 11.8. The second kappa shape index (κ2) is 6.61. The summed E-state index contributed by atoms with van der Waals surface area (Å²) >= 11 is 0. The Morgan fingerprint density at radius 1 is 1.07 bits per heavy atom. The summed E-state index contributed by atoms with van der Waals surface area (Å²) < 4.78 is 28.6. The van der Waals surface area contributed by atoms with Gasteiger partial charge < -0.3 is 28.5 Å². The SMILES string of the molecule is COc1cc(C(=O)O)c2cc(C3(c4ccccc4)OCCO3)oc2c1OC. The molecule has 1 aliphatic heterocycles. The summed E-state index contributed by atoms with van der Waals surface area (Å²) in [5.41, 5.74) is 1.06. The molecule has 3 aromatic rings. The van der Waals surface area contributed by atoms with Crippen LogP contribution in [0, 0.1) is 0 Å². The Morgan fingerprint density at radius 3 is 2.37 bits per heavy atom. The van der Waals surface area contributed by atoms with E-state index in [1.165, 1.54) is 20.3 Å². The highest BCUT2D eigenvalue weighted by atomic mass is 16.7. The van der Waals surface area contributed by atoms with Crippen molar-refractivity contribution in [1.29, 1.82) is 0 Å². The van der Waals surface area contributed by atoms with Crippen molar-refractivity contribution >= 4 is 16.9 Å². The predicted octanol–water partition coefficient (Wildman–Crippen LogP) is 3.40. The molecule has 2 heterocycles. The zero-order chi connectivity index (χ0) is 19.0. The number of ether oxygens (including phenoxy) is 4. The summed E-state index contributed by atoms with van der Waals surface area (Å²) in [6, 6.07) is 12.4. The minimum atomic E-state index is -1.24. The van der Waals surface area contributed by atoms with E-state index in [0.717, 1.165) is 5.56 Å². The van der Waals surface area contributed by atoms with Crippen molar-refractivity contribution in [2.24, 2.45) is 0 Å². The molecule has 2 aromatic carbocycles. The molecule has 7 nitrogen and oxygen atoms in total. The van der Waals surface area contributed by atoms with E-state index < -0.39 is 11.8 Å². The van der Waals surface area contributed by atoms with Crippen LogP contribution in [0.25, 0.3) is 11.0 Å². The average molecular weight is 370 g/mol. The first kappa shape index (κ1) is 17.4. The van der Waals surface area contributed by atoms with Crippen LogP contribution in [0.3, 0.4) is 0 Å². The fourth-order valence-corrected chi connectivity index (χ4v) is 3.35. The minimum Gasteiger partial charge on any atom is -0.493 e. The fraction of sp³-hybridized carbons (Fsp3) is 0.250. The first-order valence-corrected chi connectivity index (χ1v) is 8.36. The standard InChI is InChI=1S/C20H18O7/c1-23-15-10-14(19(21)22)13-11-16(27-17(13)18(15)24-2)20(25-8-9-26-20)12-6-4-3-5-7-12/h3-7,10-11H,8-9H2,1-2H3,(H,21,22). The van der Waals surface area contributed by atoms with Gasteiger partial charge in [-0.25, -0.2) is 4.79 Å². The first-order chi connectivity index (χ1) is 13.1. The number of carbonyl (C=O) groups is 1. The van der Waals surface area contributed by atoms with Gasteiger partial charge in [0, 0.05) is 10.9 Å². The third-order valence-electron chi connectivity index (χ3n) is 4.55. The molecular weight excluding hydrogens is 352 g/mol. The van der Waals surface area contributed by atoms with Gasteiger partial charge in [0.25, 0.3) is 5.79 Å². The van der Waals surface area contributed by atoms with Gasteiger partial charge in [0.05, 0.1) is 33.0 Å². The van der Waals surface area contributed by atoms with Crippen molar-refractivity contribution < 1.29 is 33.3 Å². The molecule has 1 fully saturated rings. The minimum absolute atomic E-state index is 0.0406. The van der Waals surface area contributed by atoms with E-state index in [0.29, 0.717) is 30.1 Å². The van der Waals surface area contributed by atoms with Crippen LogP contribution in [0.15, 0.2) is 46.9 Å². The lowest BCUT2D eigenvalue weighted by atomic mass is 10.0. The van der Waals surface area contributed by atoms with E-state index in [9.17, 15) is 9.90 Å². The molecular formula is C20H18O7. The van der Waals surface area contributed by atoms with Gasteiger partial charge in [-0.05, 0) is 12.1 Å². The Bertz CT molecular complexity index is 984. The van der Waals surface area contributed by atoms with E-state index in [1.807, 2.05) is 30.3 Å². The number of rotatable bonds is 5. The summed E-state index contributed by atoms with van der Waals surface area (Å²) in [5, 5.41) is 10.0. The quantitative estimate of drug-likeness (QED) is 0.736. The van der Waals surface area contributed by atoms with Crippen LogP contribution in [0.4, 0.5) is 0 Å². The van der Waals surface area contributed by atoms with Gasteiger partial charge in [0.15, 0.2) is 17.1 Å². The maximum Gasteiger partial charge on any atom is 0.336 e. The molecule has 0 radical (unpaired) electrons. The van der Waals surface area contributed by atoms with Crippen molar-refractivity contribution in [1.82, 2.24) is 0 Å². The van der Waals surface area contributed by atoms with Crippen LogP contribution in [-0.4, -0.2) is 38.5 Å². The zero-order valence-electron chi connectivity index (χ0n) is 14.9. The number of furan rings is 1. The second-order valence-corrected chi connectivity index (χ2v) is 6.00. The molecule has 7 heteroatoms. The van der Waals surface area contributed by atoms with Gasteiger partial charge in [-0.3, -0.25) is 0 Å². The Labute approximate surface area is 155 Å². The van der Waals surface area contributed by atoms with Crippen LogP contribution in [-0.2, 0) is 15.3 Å². The van der Waals surface area contributed by atoms with Gasteiger partial charge in [0.2, 0.25) is 5.75 Å². The highest BCUT2D eigenvalue weighted by Gasteiger charge is 2.44. The van der Waals surface area contributed by atoms with Gasteiger partial charge in [0.1, 0.15) is 0 Å². The smallest absolute Gasteiger partial charge is 0.336 e. The molecule has 0 atom stereocenters. The van der Waals surface area contributed by atoms with Crippen LogP contribution < -0.4 is 9.47 Å². The lowest BCUT2D eigenvalue weighted by Crippen LogP contribution is -2.28. The Kier molecular flexibility index (Phi) is 4.25. The maximum absolute atomic E-state index is 11.8. The zero-order valence-corrected chi connectivity index (χ0v) is 14.9. The molecule has 0 unspecified atom stereocenters. The number of carboxylic acid groups (broad SMARTS) is 1. The molecule has 4 rings (SSSR count). The maximum atomic E-state index is 11.8. The molecule has 1 N–H and O–H groups in total. The van der Waals surface area contributed by atoms with Crippen molar-refractivity contribution in [2.45, 2.75) is 5.79 Å². The molecule has 0 amide bonds. The van der Waals surface area contributed by atoms with E-state index in [1.54, 1.807) is 6.07 Å². The van der Waals surface area contributed by atoms with Crippen LogP contribution in [0.5, 0.6) is 11.5 Å². The summed E-state index contributed by atoms with van der Waals surface area (Å²) in [7, 11) is 2.91. The molecule has 0 bridgehead atoms. The van der Waals surface area contributed by atoms with Crippen molar-refractivity contribution in [3.05, 3.63) is 59.4 Å². The average Bonchev–Trinajstić information content (AvgIpc) is 3.35. The molecule has 27 heavy (non-hydrogen) atoms. The van der Waals surface area contributed by atoms with Gasteiger partial charge in [-0.2, -0.15) is 0 Å². The van der Waals surface area contributed by atoms with E-state index in [-0.39, 0.29) is 16.9 Å². The van der Waals surface area contributed by atoms with E-state index >= 15 is 0 Å². The number of hydrogen-bond donors (Lipinski definition) is 1. The molecule has 0 spiro atoms. The summed E-state index contributed by atoms with van der Waals surface area (Å²) in [6.07, 6.45) is 0. The second-order valence-electron chi connectivity index (χ2n) is 6.00. The number of benzene rings is 2. The predicted molar refractivity (Wildman–Crippen MR) is 95.4 cm³/mol. The van der Waals surface area contributed by atoms with Gasteiger partial charge in [-0.1, -0.05) is 30.3 Å². The lowest BCUT2D eigenvalue weighted by Gasteiger charge is -2.25. The Balaban J connectivity index is 2.00. The third-order valence-corrected chi connectivity index (χ3v) is 4.55. The summed E-state index contributed by atoms with van der Waals surface area (Å²) in [5.74, 6) is -1.42. The number of fused-ring (bicyclic) bond motifs is 1. The Morgan fingerprint density at radius 2 is 1.78 bits per heavy atom. The summed E-state index contributed by atoms with van der Waals surface area (Å²) in [6.45, 7) is 0.774. The largest absolute Gasteiger partial charge is 0.493 e. The first-order valence-electron chi connectivity index (χ1n) is 8.36. The lowest BCUT2D eigenvalue weighted by molar-refractivity contribution is -0.142.